The highest BCUT2D eigenvalue weighted by molar-refractivity contribution is 7.90. The molecule has 6 nitrogen and oxygen atoms in total. The number of aromatic nitrogens is 2. The lowest BCUT2D eigenvalue weighted by Crippen LogP contribution is -2.30. The summed E-state index contributed by atoms with van der Waals surface area (Å²) in [5.74, 6) is -0.309. The molecule has 2 heterocycles. The summed E-state index contributed by atoms with van der Waals surface area (Å²) in [4.78, 5) is 23.9. The van der Waals surface area contributed by atoms with Crippen molar-refractivity contribution in [3.8, 4) is 0 Å². The summed E-state index contributed by atoms with van der Waals surface area (Å²) in [6, 6.07) is 16.8. The highest BCUT2D eigenvalue weighted by Crippen LogP contribution is 2.34. The van der Waals surface area contributed by atoms with Crippen LogP contribution in [-0.2, 0) is 16.4 Å². The normalized spacial score (nSPS) is 11.5. The monoisotopic (exact) mass is 457 g/mol. The molecule has 152 valence electrons. The standard InChI is InChI=1S/C21H16ClN3O3S2/c1-30(27,28)16-10-8-14(9-11-16)20(26)25(13-15-5-2-3-12-23-15)21-24-19-17(22)6-4-7-18(19)29-21/h2-12H,13H2,1H3. The van der Waals surface area contributed by atoms with Gasteiger partial charge in [-0.1, -0.05) is 35.1 Å². The molecular formula is C21H16ClN3O3S2. The number of para-hydroxylation sites is 1. The number of thiazole rings is 1. The van der Waals surface area contributed by atoms with E-state index in [1.807, 2.05) is 24.3 Å². The van der Waals surface area contributed by atoms with Crippen LogP contribution in [0.15, 0.2) is 71.8 Å². The third kappa shape index (κ3) is 4.21. The molecule has 0 N–H and O–H groups in total. The summed E-state index contributed by atoms with van der Waals surface area (Å²) >= 11 is 7.62. The van der Waals surface area contributed by atoms with Crippen molar-refractivity contribution in [2.75, 3.05) is 11.2 Å². The molecule has 0 aliphatic carbocycles. The van der Waals surface area contributed by atoms with E-state index in [1.54, 1.807) is 18.3 Å². The summed E-state index contributed by atoms with van der Waals surface area (Å²) in [6.07, 6.45) is 2.79. The van der Waals surface area contributed by atoms with Crippen molar-refractivity contribution in [2.45, 2.75) is 11.4 Å². The minimum Gasteiger partial charge on any atom is -0.278 e. The van der Waals surface area contributed by atoms with E-state index in [0.29, 0.717) is 26.9 Å². The van der Waals surface area contributed by atoms with Gasteiger partial charge in [0.05, 0.1) is 26.9 Å². The number of fused-ring (bicyclic) bond motifs is 1. The quantitative estimate of drug-likeness (QED) is 0.437. The highest BCUT2D eigenvalue weighted by atomic mass is 35.5. The van der Waals surface area contributed by atoms with Gasteiger partial charge >= 0.3 is 0 Å². The van der Waals surface area contributed by atoms with E-state index in [0.717, 1.165) is 11.0 Å². The molecule has 0 saturated carbocycles. The van der Waals surface area contributed by atoms with E-state index >= 15 is 0 Å². The number of sulfone groups is 1. The van der Waals surface area contributed by atoms with Crippen LogP contribution in [0.5, 0.6) is 0 Å². The largest absolute Gasteiger partial charge is 0.278 e. The summed E-state index contributed by atoms with van der Waals surface area (Å²) < 4.78 is 24.3. The van der Waals surface area contributed by atoms with Crippen LogP contribution in [0.3, 0.4) is 0 Å². The van der Waals surface area contributed by atoms with Crippen LogP contribution in [0, 0.1) is 0 Å². The lowest BCUT2D eigenvalue weighted by Gasteiger charge is -2.19. The van der Waals surface area contributed by atoms with Gasteiger partial charge in [-0.2, -0.15) is 0 Å². The van der Waals surface area contributed by atoms with Crippen molar-refractivity contribution in [2.24, 2.45) is 0 Å². The Kier molecular flexibility index (Phi) is 5.55. The van der Waals surface area contributed by atoms with Crippen molar-refractivity contribution >= 4 is 54.0 Å². The van der Waals surface area contributed by atoms with Crippen molar-refractivity contribution < 1.29 is 13.2 Å². The van der Waals surface area contributed by atoms with Gasteiger partial charge in [-0.15, -0.1) is 0 Å². The topological polar surface area (TPSA) is 80.2 Å². The third-order valence-corrected chi connectivity index (χ3v) is 6.89. The van der Waals surface area contributed by atoms with E-state index in [9.17, 15) is 13.2 Å². The summed E-state index contributed by atoms with van der Waals surface area (Å²) in [5.41, 5.74) is 1.68. The Bertz CT molecular complexity index is 1320. The Morgan fingerprint density at radius 1 is 1.07 bits per heavy atom. The number of hydrogen-bond donors (Lipinski definition) is 0. The minimum atomic E-state index is -3.35. The maximum Gasteiger partial charge on any atom is 0.260 e. The van der Waals surface area contributed by atoms with E-state index in [1.165, 1.54) is 40.5 Å². The number of pyridine rings is 1. The zero-order valence-electron chi connectivity index (χ0n) is 15.8. The Morgan fingerprint density at radius 3 is 2.47 bits per heavy atom. The van der Waals surface area contributed by atoms with Crippen LogP contribution >= 0.6 is 22.9 Å². The Morgan fingerprint density at radius 2 is 1.83 bits per heavy atom. The number of benzene rings is 2. The molecular weight excluding hydrogens is 442 g/mol. The average molecular weight is 458 g/mol. The maximum atomic E-state index is 13.4. The number of halogens is 1. The SMILES string of the molecule is CS(=O)(=O)c1ccc(C(=O)N(Cc2ccccn2)c2nc3c(Cl)cccc3s2)cc1. The van der Waals surface area contributed by atoms with Gasteiger partial charge in [0.1, 0.15) is 5.52 Å². The highest BCUT2D eigenvalue weighted by Gasteiger charge is 2.23. The second-order valence-electron chi connectivity index (χ2n) is 6.59. The second-order valence-corrected chi connectivity index (χ2v) is 10.0. The fourth-order valence-electron chi connectivity index (χ4n) is 2.90. The molecule has 2 aromatic carbocycles. The Labute approximate surface area is 182 Å². The van der Waals surface area contributed by atoms with Crippen LogP contribution in [0.25, 0.3) is 10.2 Å². The predicted molar refractivity (Wildman–Crippen MR) is 119 cm³/mol. The van der Waals surface area contributed by atoms with Crippen molar-refractivity contribution in [1.82, 2.24) is 9.97 Å². The minimum absolute atomic E-state index is 0.155. The number of amides is 1. The number of hydrogen-bond acceptors (Lipinski definition) is 6. The molecule has 0 atom stereocenters. The van der Waals surface area contributed by atoms with Crippen molar-refractivity contribution in [3.63, 3.8) is 0 Å². The Hall–Kier alpha value is -2.81. The first-order valence-corrected chi connectivity index (χ1v) is 12.0. The predicted octanol–water partition coefficient (Wildman–Crippen LogP) is 4.60. The number of anilines is 1. The van der Waals surface area contributed by atoms with E-state index < -0.39 is 9.84 Å². The fourth-order valence-corrected chi connectivity index (χ4v) is 4.79. The van der Waals surface area contributed by atoms with Crippen LogP contribution in [0.2, 0.25) is 5.02 Å². The van der Waals surface area contributed by atoms with Gasteiger partial charge < -0.3 is 0 Å². The zero-order chi connectivity index (χ0) is 21.3. The first-order valence-electron chi connectivity index (χ1n) is 8.90. The van der Waals surface area contributed by atoms with Gasteiger partial charge in [0.25, 0.3) is 5.91 Å². The van der Waals surface area contributed by atoms with E-state index in [2.05, 4.69) is 9.97 Å². The average Bonchev–Trinajstić information content (AvgIpc) is 3.17. The molecule has 1 amide bonds. The number of carbonyl (C=O) groups excluding carboxylic acids is 1. The zero-order valence-corrected chi connectivity index (χ0v) is 18.2. The molecule has 0 spiro atoms. The molecule has 4 aromatic rings. The van der Waals surface area contributed by atoms with Gasteiger partial charge in [-0.25, -0.2) is 13.4 Å². The molecule has 0 fully saturated rings. The van der Waals surface area contributed by atoms with Gasteiger partial charge in [0.15, 0.2) is 15.0 Å². The summed E-state index contributed by atoms with van der Waals surface area (Å²) in [7, 11) is -3.35. The smallest absolute Gasteiger partial charge is 0.260 e. The third-order valence-electron chi connectivity index (χ3n) is 4.41. The molecule has 4 rings (SSSR count). The lowest BCUT2D eigenvalue weighted by molar-refractivity contribution is 0.0984. The van der Waals surface area contributed by atoms with Crippen molar-refractivity contribution in [1.29, 1.82) is 0 Å². The van der Waals surface area contributed by atoms with E-state index in [4.69, 9.17) is 11.6 Å². The maximum absolute atomic E-state index is 13.4. The molecule has 0 aliphatic rings. The van der Waals surface area contributed by atoms with Gasteiger partial charge in [-0.05, 0) is 48.5 Å². The number of carbonyl (C=O) groups is 1. The molecule has 0 unspecified atom stereocenters. The fraction of sp³-hybridized carbons (Fsp3) is 0.0952. The van der Waals surface area contributed by atoms with Crippen LogP contribution in [0.4, 0.5) is 5.13 Å². The van der Waals surface area contributed by atoms with Crippen LogP contribution < -0.4 is 4.90 Å². The first-order chi connectivity index (χ1) is 14.3. The molecule has 0 bridgehead atoms. The second kappa shape index (κ2) is 8.14. The van der Waals surface area contributed by atoms with Crippen LogP contribution in [-0.4, -0.2) is 30.5 Å². The first kappa shape index (κ1) is 20.5. The van der Waals surface area contributed by atoms with Crippen molar-refractivity contribution in [3.05, 3.63) is 83.1 Å². The number of rotatable bonds is 5. The number of nitrogens with zero attached hydrogens (tertiary/aromatic N) is 3. The lowest BCUT2D eigenvalue weighted by atomic mass is 10.2. The molecule has 9 heteroatoms. The molecule has 2 aromatic heterocycles. The molecule has 0 radical (unpaired) electrons. The Balaban J connectivity index is 1.76. The van der Waals surface area contributed by atoms with Gasteiger partial charge in [0.2, 0.25) is 0 Å². The molecule has 0 aliphatic heterocycles. The van der Waals surface area contributed by atoms with Gasteiger partial charge in [0, 0.05) is 18.0 Å². The van der Waals surface area contributed by atoms with Gasteiger partial charge in [-0.3, -0.25) is 14.7 Å². The van der Waals surface area contributed by atoms with Crippen LogP contribution in [0.1, 0.15) is 16.1 Å². The summed E-state index contributed by atoms with van der Waals surface area (Å²) in [6.45, 7) is 0.213. The molecule has 0 saturated heterocycles. The summed E-state index contributed by atoms with van der Waals surface area (Å²) in [5, 5.41) is 0.999. The van der Waals surface area contributed by atoms with E-state index in [-0.39, 0.29) is 17.3 Å². The molecule has 30 heavy (non-hydrogen) atoms.